The Kier molecular flexibility index (Phi) is 5.59. The van der Waals surface area contributed by atoms with E-state index in [4.69, 9.17) is 5.26 Å². The third-order valence-electron chi connectivity index (χ3n) is 4.07. The molecule has 0 fully saturated rings. The van der Waals surface area contributed by atoms with E-state index in [2.05, 4.69) is 4.99 Å². The van der Waals surface area contributed by atoms with Gasteiger partial charge in [-0.1, -0.05) is 6.08 Å². The Bertz CT molecular complexity index is 1120. The summed E-state index contributed by atoms with van der Waals surface area (Å²) in [5.41, 5.74) is 1.87. The van der Waals surface area contributed by atoms with Crippen LogP contribution >= 0.6 is 0 Å². The number of nitrogens with zero attached hydrogens (tertiary/aromatic N) is 5. The number of rotatable bonds is 3. The van der Waals surface area contributed by atoms with Crippen LogP contribution in [0.4, 0.5) is 20.2 Å². The van der Waals surface area contributed by atoms with Gasteiger partial charge in [-0.3, -0.25) is 0 Å². The largest absolute Gasteiger partial charge is 0.308 e. The molecule has 0 bridgehead atoms. The van der Waals surface area contributed by atoms with E-state index < -0.39 is 11.6 Å². The van der Waals surface area contributed by atoms with Crippen molar-refractivity contribution in [2.45, 2.75) is 0 Å². The van der Waals surface area contributed by atoms with Crippen LogP contribution in [0, 0.1) is 45.8 Å². The lowest BCUT2D eigenvalue weighted by atomic mass is 9.99. The molecule has 29 heavy (non-hydrogen) atoms. The maximum absolute atomic E-state index is 13.5. The van der Waals surface area contributed by atoms with Crippen LogP contribution in [0.1, 0.15) is 0 Å². The standard InChI is InChI=1S/C22H11F2N5/c23-17-2-6-19(7-3-17)29(20-8-4-18(24)5-9-20)22-11-15(16(12-25)13-26)1-10-21(22)28-14-27/h1-11H/b28-21+. The van der Waals surface area contributed by atoms with Crippen molar-refractivity contribution in [3.05, 3.63) is 95.2 Å². The first kappa shape index (κ1) is 19.2. The highest BCUT2D eigenvalue weighted by Gasteiger charge is 2.22. The van der Waals surface area contributed by atoms with E-state index in [0.29, 0.717) is 22.6 Å². The van der Waals surface area contributed by atoms with Gasteiger partial charge in [0.1, 0.15) is 29.3 Å². The van der Waals surface area contributed by atoms with Crippen LogP contribution in [0.2, 0.25) is 0 Å². The van der Waals surface area contributed by atoms with Crippen LogP contribution in [-0.4, -0.2) is 5.71 Å². The van der Waals surface area contributed by atoms with Gasteiger partial charge in [0.2, 0.25) is 6.19 Å². The first-order valence-corrected chi connectivity index (χ1v) is 8.30. The van der Waals surface area contributed by atoms with Gasteiger partial charge in [0.05, 0.1) is 11.4 Å². The fourth-order valence-electron chi connectivity index (χ4n) is 2.77. The molecule has 7 heteroatoms. The second-order valence-electron chi connectivity index (χ2n) is 5.80. The van der Waals surface area contributed by atoms with Gasteiger partial charge in [-0.2, -0.15) is 20.8 Å². The number of aliphatic imine (C=N–C) groups is 1. The molecular weight excluding hydrogens is 372 g/mol. The molecular formula is C22H11F2N5. The van der Waals surface area contributed by atoms with Crippen LogP contribution < -0.4 is 4.90 Å². The molecule has 1 aliphatic rings. The van der Waals surface area contributed by atoms with Gasteiger partial charge in [-0.05, 0) is 60.7 Å². The average molecular weight is 383 g/mol. The first-order valence-electron chi connectivity index (χ1n) is 8.30. The number of benzene rings is 2. The molecule has 0 aromatic heterocycles. The maximum atomic E-state index is 13.5. The highest BCUT2D eigenvalue weighted by Crippen LogP contribution is 2.33. The van der Waals surface area contributed by atoms with E-state index in [9.17, 15) is 19.3 Å². The van der Waals surface area contributed by atoms with Crippen LogP contribution in [0.25, 0.3) is 0 Å². The molecule has 2 aromatic carbocycles. The third kappa shape index (κ3) is 4.08. The van der Waals surface area contributed by atoms with Crippen molar-refractivity contribution in [3.63, 3.8) is 0 Å². The number of nitriles is 3. The highest BCUT2D eigenvalue weighted by atomic mass is 19.1. The average Bonchev–Trinajstić information content (AvgIpc) is 2.73. The quantitative estimate of drug-likeness (QED) is 0.561. The Hall–Kier alpha value is -4.54. The lowest BCUT2D eigenvalue weighted by Gasteiger charge is -2.29. The fraction of sp³-hybridized carbons (Fsp3) is 0. The zero-order valence-electron chi connectivity index (χ0n) is 14.8. The van der Waals surface area contributed by atoms with E-state index >= 15 is 0 Å². The minimum absolute atomic E-state index is 0.118. The summed E-state index contributed by atoms with van der Waals surface area (Å²) < 4.78 is 26.9. The van der Waals surface area contributed by atoms with Crippen molar-refractivity contribution in [3.8, 4) is 18.3 Å². The van der Waals surface area contributed by atoms with Crippen LogP contribution in [0.15, 0.2) is 88.6 Å². The zero-order valence-corrected chi connectivity index (χ0v) is 14.8. The van der Waals surface area contributed by atoms with Gasteiger partial charge in [0.15, 0.2) is 0 Å². The molecule has 0 saturated carbocycles. The predicted molar refractivity (Wildman–Crippen MR) is 103 cm³/mol. The Morgan fingerprint density at radius 1 is 0.793 bits per heavy atom. The lowest BCUT2D eigenvalue weighted by Crippen LogP contribution is -2.24. The topological polar surface area (TPSA) is 87.0 Å². The summed E-state index contributed by atoms with van der Waals surface area (Å²) in [7, 11) is 0. The molecule has 0 atom stereocenters. The van der Waals surface area contributed by atoms with E-state index in [-0.39, 0.29) is 11.3 Å². The molecule has 3 rings (SSSR count). The van der Waals surface area contributed by atoms with Crippen LogP contribution in [0.3, 0.4) is 0 Å². The molecule has 2 aromatic rings. The molecule has 0 amide bonds. The van der Waals surface area contributed by atoms with E-state index in [1.165, 1.54) is 66.8 Å². The van der Waals surface area contributed by atoms with Gasteiger partial charge in [0.25, 0.3) is 0 Å². The monoisotopic (exact) mass is 383 g/mol. The molecule has 0 unspecified atom stereocenters. The highest BCUT2D eigenvalue weighted by molar-refractivity contribution is 6.14. The van der Waals surface area contributed by atoms with Gasteiger partial charge >= 0.3 is 0 Å². The smallest absolute Gasteiger partial charge is 0.206 e. The van der Waals surface area contributed by atoms with Gasteiger partial charge in [-0.25, -0.2) is 8.78 Å². The molecule has 1 aliphatic carbocycles. The second kappa shape index (κ2) is 8.43. The molecule has 138 valence electrons. The Balaban J connectivity index is 2.28. The Morgan fingerprint density at radius 3 is 1.76 bits per heavy atom. The van der Waals surface area contributed by atoms with Crippen molar-refractivity contribution < 1.29 is 8.78 Å². The number of allylic oxidation sites excluding steroid dienone is 5. The fourth-order valence-corrected chi connectivity index (χ4v) is 2.77. The molecule has 0 spiro atoms. The van der Waals surface area contributed by atoms with Crippen molar-refractivity contribution >= 4 is 17.1 Å². The summed E-state index contributed by atoms with van der Waals surface area (Å²) in [6.45, 7) is 0. The van der Waals surface area contributed by atoms with Gasteiger partial charge in [-0.15, -0.1) is 0 Å². The summed E-state index contributed by atoms with van der Waals surface area (Å²) in [6, 6.07) is 14.8. The molecule has 0 N–H and O–H groups in total. The Labute approximate surface area is 165 Å². The number of halogens is 2. The normalized spacial score (nSPS) is 13.8. The predicted octanol–water partition coefficient (Wildman–Crippen LogP) is 4.82. The minimum Gasteiger partial charge on any atom is -0.308 e. The van der Waals surface area contributed by atoms with Crippen molar-refractivity contribution in [1.82, 2.24) is 0 Å². The summed E-state index contributed by atoms with van der Waals surface area (Å²) in [4.78, 5) is 5.44. The zero-order chi connectivity index (χ0) is 20.8. The molecule has 0 saturated heterocycles. The van der Waals surface area contributed by atoms with Crippen molar-refractivity contribution in [2.75, 3.05) is 4.90 Å². The molecule has 0 radical (unpaired) electrons. The molecule has 0 heterocycles. The summed E-state index contributed by atoms with van der Waals surface area (Å²) in [6.07, 6.45) is 6.26. The molecule has 5 nitrogen and oxygen atoms in total. The lowest BCUT2D eigenvalue weighted by molar-refractivity contribution is 0.628. The number of hydrogen-bond acceptors (Lipinski definition) is 5. The molecule has 0 aliphatic heterocycles. The first-order chi connectivity index (χ1) is 14.1. The summed E-state index contributed by atoms with van der Waals surface area (Å²) in [5.74, 6) is -0.874. The minimum atomic E-state index is -0.437. The SMILES string of the molecule is N#C/N=C1\C=CC(=C(C#N)C#N)C=C1N(c1ccc(F)cc1)c1ccc(F)cc1. The Morgan fingerprint density at radius 2 is 1.31 bits per heavy atom. The summed E-state index contributed by atoms with van der Waals surface area (Å²) >= 11 is 0. The van der Waals surface area contributed by atoms with Crippen molar-refractivity contribution in [2.24, 2.45) is 4.99 Å². The second-order valence-corrected chi connectivity index (χ2v) is 5.80. The maximum Gasteiger partial charge on any atom is 0.206 e. The van der Waals surface area contributed by atoms with Crippen molar-refractivity contribution in [1.29, 1.82) is 15.8 Å². The van der Waals surface area contributed by atoms with E-state index in [1.54, 1.807) is 11.1 Å². The van der Waals surface area contributed by atoms with E-state index in [0.717, 1.165) is 0 Å². The summed E-state index contributed by atoms with van der Waals surface area (Å²) in [5, 5.41) is 27.5. The number of hydrogen-bond donors (Lipinski definition) is 0. The third-order valence-corrected chi connectivity index (χ3v) is 4.07. The van der Waals surface area contributed by atoms with Gasteiger partial charge in [0, 0.05) is 16.9 Å². The van der Waals surface area contributed by atoms with E-state index in [1.807, 2.05) is 12.1 Å². The van der Waals surface area contributed by atoms with Crippen LogP contribution in [0.5, 0.6) is 0 Å². The van der Waals surface area contributed by atoms with Gasteiger partial charge < -0.3 is 4.90 Å². The number of anilines is 2. The van der Waals surface area contributed by atoms with Crippen LogP contribution in [-0.2, 0) is 0 Å².